The molecule has 3 aromatic heterocycles. The monoisotopic (exact) mass is 709 g/mol. The lowest BCUT2D eigenvalue weighted by Crippen LogP contribution is -2.09. The predicted octanol–water partition coefficient (Wildman–Crippen LogP) is 8.43. The molecule has 1 aliphatic carbocycles. The maximum absolute atomic E-state index is 11.8. The predicted molar refractivity (Wildman–Crippen MR) is 237 cm³/mol. The number of aliphatic hydroxyl groups is 1. The Bertz CT molecular complexity index is 2930. The number of fused-ring (bicyclic) bond motifs is 7. The normalized spacial score (nSPS) is 14.2. The lowest BCUT2D eigenvalue weighted by Gasteiger charge is -2.23. The summed E-state index contributed by atoms with van der Waals surface area (Å²) >= 11 is 0. The standard InChI is InChI=1S/C46H38B3N5O/c1-27(47)39(43(55)41(49)28(2)48)33-20-10-13-23-36(33)53-37-24-14-11-21-34(37)40-38(53)26-25-32-31-19-9-12-22-35(31)54(42(32)40)46-51-44(29-15-5-3-6-16-29)50-45(52-46)30-17-7-4-8-18-30/h3-12,14-22,24-26,55H,1,13,23,47-49H2,2H3/b41-28-,43-39-. The third-order valence-corrected chi connectivity index (χ3v) is 10.8. The molecule has 0 amide bonds. The maximum Gasteiger partial charge on any atom is 0.238 e. The average Bonchev–Trinajstić information content (AvgIpc) is 3.74. The minimum atomic E-state index is 0.271. The molecule has 0 aliphatic heterocycles. The molecule has 6 nitrogen and oxygen atoms in total. The van der Waals surface area contributed by atoms with Gasteiger partial charge in [0.05, 0.1) is 22.1 Å². The number of allylic oxidation sites excluding steroid dienone is 8. The lowest BCUT2D eigenvalue weighted by molar-refractivity contribution is 0.425. The van der Waals surface area contributed by atoms with Gasteiger partial charge in [0.25, 0.3) is 0 Å². The highest BCUT2D eigenvalue weighted by atomic mass is 16.3. The molecule has 9 rings (SSSR count). The summed E-state index contributed by atoms with van der Waals surface area (Å²) in [4.78, 5) is 15.5. The van der Waals surface area contributed by atoms with Crippen molar-refractivity contribution in [3.05, 3.63) is 173 Å². The summed E-state index contributed by atoms with van der Waals surface area (Å²) in [5, 5.41) is 16.2. The van der Waals surface area contributed by atoms with Gasteiger partial charge in [-0.25, -0.2) is 4.98 Å². The van der Waals surface area contributed by atoms with Gasteiger partial charge in [-0.1, -0.05) is 133 Å². The Morgan fingerprint density at radius 1 is 0.655 bits per heavy atom. The van der Waals surface area contributed by atoms with Crippen LogP contribution >= 0.6 is 0 Å². The molecule has 0 saturated carbocycles. The van der Waals surface area contributed by atoms with Crippen molar-refractivity contribution < 1.29 is 5.11 Å². The van der Waals surface area contributed by atoms with Gasteiger partial charge in [0.15, 0.2) is 11.6 Å². The van der Waals surface area contributed by atoms with Crippen molar-refractivity contribution in [1.29, 1.82) is 0 Å². The molecule has 1 N–H and O–H groups in total. The second-order valence-electron chi connectivity index (χ2n) is 14.5. The Morgan fingerprint density at radius 3 is 1.85 bits per heavy atom. The molecule has 0 atom stereocenters. The summed E-state index contributed by atoms with van der Waals surface area (Å²) in [5.74, 6) is 2.05. The van der Waals surface area contributed by atoms with E-state index in [0.29, 0.717) is 17.6 Å². The van der Waals surface area contributed by atoms with Crippen LogP contribution < -0.4 is 0 Å². The van der Waals surface area contributed by atoms with Crippen LogP contribution in [0.3, 0.4) is 0 Å². The van der Waals surface area contributed by atoms with Crippen LogP contribution in [0, 0.1) is 0 Å². The molecule has 9 heteroatoms. The molecule has 0 spiro atoms. The Balaban J connectivity index is 1.43. The fourth-order valence-corrected chi connectivity index (χ4v) is 8.00. The van der Waals surface area contributed by atoms with Crippen molar-refractivity contribution >= 4 is 72.8 Å². The van der Waals surface area contributed by atoms with E-state index in [2.05, 4.69) is 88.5 Å². The van der Waals surface area contributed by atoms with Gasteiger partial charge in [-0.15, -0.1) is 12.1 Å². The summed E-state index contributed by atoms with van der Waals surface area (Å²) in [6.07, 6.45) is 6.05. The zero-order chi connectivity index (χ0) is 37.8. The van der Waals surface area contributed by atoms with Gasteiger partial charge in [-0.05, 0) is 31.0 Å². The molecule has 0 bridgehead atoms. The lowest BCUT2D eigenvalue weighted by atomic mass is 9.75. The van der Waals surface area contributed by atoms with Crippen molar-refractivity contribution in [2.45, 2.75) is 19.8 Å². The number of rotatable bonds is 7. The van der Waals surface area contributed by atoms with Crippen LogP contribution in [0.1, 0.15) is 19.8 Å². The van der Waals surface area contributed by atoms with E-state index in [1.165, 1.54) is 0 Å². The molecule has 8 aromatic rings. The quantitative estimate of drug-likeness (QED) is 0.103. The first-order valence-electron chi connectivity index (χ1n) is 18.8. The molecular formula is C46H38B3N5O. The summed E-state index contributed by atoms with van der Waals surface area (Å²) in [6, 6.07) is 41.9. The topological polar surface area (TPSA) is 68.8 Å². The second kappa shape index (κ2) is 13.7. The van der Waals surface area contributed by atoms with Crippen LogP contribution in [-0.2, 0) is 0 Å². The van der Waals surface area contributed by atoms with Crippen LogP contribution in [0.5, 0.6) is 0 Å². The molecule has 1 aliphatic rings. The largest absolute Gasteiger partial charge is 0.508 e. The fourth-order valence-electron chi connectivity index (χ4n) is 8.00. The number of aliphatic hydroxyl groups excluding tert-OH is 1. The van der Waals surface area contributed by atoms with Gasteiger partial charge in [0.1, 0.15) is 29.3 Å². The summed E-state index contributed by atoms with van der Waals surface area (Å²) in [6.45, 7) is 6.39. The zero-order valence-corrected chi connectivity index (χ0v) is 31.5. The van der Waals surface area contributed by atoms with Gasteiger partial charge in [0.2, 0.25) is 5.95 Å². The van der Waals surface area contributed by atoms with E-state index < -0.39 is 0 Å². The Labute approximate surface area is 322 Å². The molecule has 5 aromatic carbocycles. The van der Waals surface area contributed by atoms with Crippen LogP contribution in [-0.4, -0.2) is 52.7 Å². The van der Waals surface area contributed by atoms with Gasteiger partial charge in [-0.3, -0.25) is 4.57 Å². The summed E-state index contributed by atoms with van der Waals surface area (Å²) in [5.41, 5.74) is 11.7. The van der Waals surface area contributed by atoms with Crippen molar-refractivity contribution in [3.63, 3.8) is 0 Å². The van der Waals surface area contributed by atoms with Crippen LogP contribution in [0.2, 0.25) is 0 Å². The number of benzene rings is 5. The van der Waals surface area contributed by atoms with Crippen molar-refractivity contribution in [1.82, 2.24) is 24.1 Å². The first kappa shape index (κ1) is 34.2. The first-order valence-corrected chi connectivity index (χ1v) is 18.8. The SMILES string of the molecule is BC(=C)/C(C1=C(n2c3ccccc3c3c2ccc2c4ccccc4n(-c4nc(-c5ccccc5)nc(-c5ccccc5)n4)c23)CCC=C1)=C(O)\C(B)=C(\B)C. The van der Waals surface area contributed by atoms with Crippen LogP contribution in [0.25, 0.3) is 78.0 Å². The summed E-state index contributed by atoms with van der Waals surface area (Å²) in [7, 11) is 5.99. The van der Waals surface area contributed by atoms with Crippen molar-refractivity contribution in [2.75, 3.05) is 0 Å². The van der Waals surface area contributed by atoms with E-state index in [9.17, 15) is 5.11 Å². The minimum Gasteiger partial charge on any atom is -0.508 e. The molecule has 0 radical (unpaired) electrons. The Hall–Kier alpha value is -6.60. The highest BCUT2D eigenvalue weighted by Gasteiger charge is 2.26. The second-order valence-corrected chi connectivity index (χ2v) is 14.5. The minimum absolute atomic E-state index is 0.271. The molecule has 0 unspecified atom stereocenters. The molecule has 262 valence electrons. The van der Waals surface area contributed by atoms with E-state index in [1.807, 2.05) is 91.1 Å². The number of para-hydroxylation sites is 2. The number of nitrogens with zero attached hydrogens (tertiary/aromatic N) is 5. The molecule has 3 heterocycles. The van der Waals surface area contributed by atoms with Gasteiger partial charge in [-0.2, -0.15) is 9.97 Å². The highest BCUT2D eigenvalue weighted by molar-refractivity contribution is 6.33. The zero-order valence-electron chi connectivity index (χ0n) is 31.5. The summed E-state index contributed by atoms with van der Waals surface area (Å²) < 4.78 is 4.63. The van der Waals surface area contributed by atoms with E-state index in [0.717, 1.165) is 101 Å². The van der Waals surface area contributed by atoms with Crippen LogP contribution in [0.15, 0.2) is 173 Å². The average molecular weight is 709 g/mol. The van der Waals surface area contributed by atoms with Crippen molar-refractivity contribution in [3.8, 4) is 28.7 Å². The van der Waals surface area contributed by atoms with Gasteiger partial charge < -0.3 is 9.67 Å². The Kier molecular flexibility index (Phi) is 8.50. The first-order chi connectivity index (χ1) is 26.8. The van der Waals surface area contributed by atoms with E-state index in [-0.39, 0.29) is 5.76 Å². The molecule has 0 saturated heterocycles. The molecular weight excluding hydrogens is 671 g/mol. The number of hydrogen-bond acceptors (Lipinski definition) is 4. The Morgan fingerprint density at radius 2 is 1.24 bits per heavy atom. The van der Waals surface area contributed by atoms with Crippen LogP contribution in [0.4, 0.5) is 0 Å². The maximum atomic E-state index is 11.8. The number of aromatic nitrogens is 5. The highest BCUT2D eigenvalue weighted by Crippen LogP contribution is 2.44. The van der Waals surface area contributed by atoms with E-state index in [4.69, 9.17) is 15.0 Å². The smallest absolute Gasteiger partial charge is 0.238 e. The van der Waals surface area contributed by atoms with Crippen molar-refractivity contribution in [2.24, 2.45) is 0 Å². The molecule has 0 fully saturated rings. The fraction of sp³-hybridized carbons (Fsp3) is 0.0652. The van der Waals surface area contributed by atoms with Gasteiger partial charge in [0, 0.05) is 49.5 Å². The van der Waals surface area contributed by atoms with E-state index in [1.54, 1.807) is 0 Å². The number of hydrogen-bond donors (Lipinski definition) is 1. The third kappa shape index (κ3) is 5.66. The van der Waals surface area contributed by atoms with Gasteiger partial charge >= 0.3 is 0 Å². The molecule has 55 heavy (non-hydrogen) atoms. The third-order valence-electron chi connectivity index (χ3n) is 10.8. The van der Waals surface area contributed by atoms with E-state index >= 15 is 0 Å².